The molecule has 0 aliphatic carbocycles. The van der Waals surface area contributed by atoms with Crippen LogP contribution in [0.15, 0.2) is 36.1 Å². The second-order valence-electron chi connectivity index (χ2n) is 4.48. The largest absolute Gasteiger partial charge is 0.501 e. The van der Waals surface area contributed by atoms with E-state index in [4.69, 9.17) is 10.5 Å². The molecule has 2 nitrogen and oxygen atoms in total. The topological polar surface area (TPSA) is 35.2 Å². The average molecular weight is 263 g/mol. The first-order valence-electron chi connectivity index (χ1n) is 5.99. The van der Waals surface area contributed by atoms with E-state index in [0.29, 0.717) is 0 Å². The fourth-order valence-electron chi connectivity index (χ4n) is 2.18. The molecule has 0 radical (unpaired) electrons. The van der Waals surface area contributed by atoms with Gasteiger partial charge < -0.3 is 10.5 Å². The highest BCUT2D eigenvalue weighted by molar-refractivity contribution is 7.19. The highest BCUT2D eigenvalue weighted by Crippen LogP contribution is 2.34. The van der Waals surface area contributed by atoms with Gasteiger partial charge in [0.1, 0.15) is 5.82 Å². The van der Waals surface area contributed by atoms with Crippen LogP contribution in [0.3, 0.4) is 0 Å². The van der Waals surface area contributed by atoms with Crippen molar-refractivity contribution in [2.75, 3.05) is 6.61 Å². The van der Waals surface area contributed by atoms with E-state index in [2.05, 4.69) is 0 Å². The first kappa shape index (κ1) is 11.7. The fourth-order valence-corrected chi connectivity index (χ4v) is 3.27. The maximum absolute atomic E-state index is 13.1. The van der Waals surface area contributed by atoms with Gasteiger partial charge in [-0.05, 0) is 48.1 Å². The van der Waals surface area contributed by atoms with Crippen LogP contribution in [0.1, 0.15) is 23.8 Å². The van der Waals surface area contributed by atoms with E-state index in [9.17, 15) is 4.39 Å². The van der Waals surface area contributed by atoms with Gasteiger partial charge >= 0.3 is 0 Å². The Balaban J connectivity index is 1.96. The highest BCUT2D eigenvalue weighted by atomic mass is 32.1. The van der Waals surface area contributed by atoms with Crippen molar-refractivity contribution in [2.45, 2.75) is 18.9 Å². The summed E-state index contributed by atoms with van der Waals surface area (Å²) in [5.41, 5.74) is 7.36. The van der Waals surface area contributed by atoms with Crippen LogP contribution < -0.4 is 5.73 Å². The van der Waals surface area contributed by atoms with Gasteiger partial charge in [0.25, 0.3) is 0 Å². The number of rotatable bonds is 2. The van der Waals surface area contributed by atoms with Gasteiger partial charge in [0.2, 0.25) is 0 Å². The lowest BCUT2D eigenvalue weighted by Crippen LogP contribution is -2.15. The Hall–Kier alpha value is -1.39. The molecular weight excluding hydrogens is 249 g/mol. The summed E-state index contributed by atoms with van der Waals surface area (Å²) in [7, 11) is 0. The Bertz CT molecular complexity index is 605. The molecule has 1 aromatic carbocycles. The minimum atomic E-state index is -0.208. The quantitative estimate of drug-likeness (QED) is 0.896. The van der Waals surface area contributed by atoms with E-state index in [1.54, 1.807) is 29.7 Å². The van der Waals surface area contributed by atoms with E-state index in [-0.39, 0.29) is 11.9 Å². The van der Waals surface area contributed by atoms with Crippen LogP contribution in [0.2, 0.25) is 0 Å². The van der Waals surface area contributed by atoms with Crippen molar-refractivity contribution in [3.05, 3.63) is 46.8 Å². The molecule has 0 saturated heterocycles. The number of benzene rings is 1. The van der Waals surface area contributed by atoms with Crippen molar-refractivity contribution in [3.63, 3.8) is 0 Å². The van der Waals surface area contributed by atoms with Crippen LogP contribution in [0.4, 0.5) is 4.39 Å². The van der Waals surface area contributed by atoms with Crippen LogP contribution in [-0.2, 0) is 4.74 Å². The molecule has 0 amide bonds. The zero-order valence-corrected chi connectivity index (χ0v) is 10.7. The number of hydrogen-bond acceptors (Lipinski definition) is 3. The lowest BCUT2D eigenvalue weighted by atomic mass is 10.0. The van der Waals surface area contributed by atoms with Gasteiger partial charge in [-0.1, -0.05) is 0 Å². The van der Waals surface area contributed by atoms with Crippen molar-refractivity contribution >= 4 is 21.4 Å². The number of halogens is 1. The van der Waals surface area contributed by atoms with Gasteiger partial charge in [-0.15, -0.1) is 11.3 Å². The molecule has 1 atom stereocenters. The van der Waals surface area contributed by atoms with E-state index in [1.165, 1.54) is 6.07 Å². The number of thiophene rings is 1. The van der Waals surface area contributed by atoms with Gasteiger partial charge in [-0.3, -0.25) is 0 Å². The lowest BCUT2D eigenvalue weighted by Gasteiger charge is -2.18. The minimum absolute atomic E-state index is 0.134. The molecular formula is C14H14FNOS. The van der Waals surface area contributed by atoms with Crippen LogP contribution in [0.5, 0.6) is 0 Å². The van der Waals surface area contributed by atoms with E-state index in [1.807, 2.05) is 6.07 Å². The summed E-state index contributed by atoms with van der Waals surface area (Å²) in [4.78, 5) is 1.06. The predicted molar refractivity (Wildman–Crippen MR) is 72.0 cm³/mol. The Morgan fingerprint density at radius 1 is 1.33 bits per heavy atom. The molecule has 0 bridgehead atoms. The molecule has 3 rings (SSSR count). The summed E-state index contributed by atoms with van der Waals surface area (Å²) in [6.45, 7) is 0.772. The minimum Gasteiger partial charge on any atom is -0.501 e. The predicted octanol–water partition coefficient (Wildman–Crippen LogP) is 3.73. The summed E-state index contributed by atoms with van der Waals surface area (Å²) < 4.78 is 19.5. The van der Waals surface area contributed by atoms with E-state index >= 15 is 0 Å². The van der Waals surface area contributed by atoms with Crippen molar-refractivity contribution in [3.8, 4) is 0 Å². The molecule has 0 fully saturated rings. The third-order valence-corrected chi connectivity index (χ3v) is 4.36. The molecule has 2 N–H and O–H groups in total. The molecule has 1 aromatic heterocycles. The lowest BCUT2D eigenvalue weighted by molar-refractivity contribution is 0.221. The molecule has 4 heteroatoms. The standard InChI is InChI=1S/C14H14FNOS/c15-11-3-4-12-10(6-11)7-13(18-12)14(16)9-2-1-5-17-8-9/h3-4,6-8,14H,1-2,5,16H2. The summed E-state index contributed by atoms with van der Waals surface area (Å²) >= 11 is 1.62. The zero-order chi connectivity index (χ0) is 12.5. The second-order valence-corrected chi connectivity index (χ2v) is 5.59. The Morgan fingerprint density at radius 2 is 2.22 bits per heavy atom. The molecule has 2 aromatic rings. The molecule has 18 heavy (non-hydrogen) atoms. The number of hydrogen-bond donors (Lipinski definition) is 1. The summed E-state index contributed by atoms with van der Waals surface area (Å²) in [5, 5.41) is 0.919. The zero-order valence-electron chi connectivity index (χ0n) is 9.86. The first-order valence-corrected chi connectivity index (χ1v) is 6.81. The molecule has 94 valence electrons. The van der Waals surface area contributed by atoms with E-state index < -0.39 is 0 Å². The Labute approximate surface area is 109 Å². The molecule has 2 heterocycles. The van der Waals surface area contributed by atoms with Gasteiger partial charge in [0, 0.05) is 9.58 Å². The normalized spacial score (nSPS) is 17.3. The Kier molecular flexibility index (Phi) is 3.06. The fraction of sp³-hybridized carbons (Fsp3) is 0.286. The van der Waals surface area contributed by atoms with Crippen molar-refractivity contribution < 1.29 is 9.13 Å². The monoisotopic (exact) mass is 263 g/mol. The summed E-state index contributed by atoms with van der Waals surface area (Å²) in [5.74, 6) is -0.208. The van der Waals surface area contributed by atoms with Gasteiger partial charge in [-0.25, -0.2) is 4.39 Å². The first-order chi connectivity index (χ1) is 8.74. The van der Waals surface area contributed by atoms with Gasteiger partial charge in [0.15, 0.2) is 0 Å². The molecule has 1 unspecified atom stereocenters. The number of fused-ring (bicyclic) bond motifs is 1. The van der Waals surface area contributed by atoms with Gasteiger partial charge in [-0.2, -0.15) is 0 Å². The van der Waals surface area contributed by atoms with Crippen molar-refractivity contribution in [1.29, 1.82) is 0 Å². The molecule has 1 aliphatic rings. The van der Waals surface area contributed by atoms with Crippen LogP contribution in [-0.4, -0.2) is 6.61 Å². The smallest absolute Gasteiger partial charge is 0.123 e. The van der Waals surface area contributed by atoms with Crippen LogP contribution in [0, 0.1) is 5.82 Å². The summed E-state index contributed by atoms with van der Waals surface area (Å²) in [6, 6.07) is 6.68. The van der Waals surface area contributed by atoms with Crippen molar-refractivity contribution in [2.24, 2.45) is 5.73 Å². The van der Waals surface area contributed by atoms with Crippen molar-refractivity contribution in [1.82, 2.24) is 0 Å². The molecule has 0 saturated carbocycles. The number of nitrogens with two attached hydrogens (primary N) is 1. The highest BCUT2D eigenvalue weighted by Gasteiger charge is 2.17. The maximum Gasteiger partial charge on any atom is 0.123 e. The third kappa shape index (κ3) is 2.13. The SMILES string of the molecule is NC(C1=COCCC1)c1cc2cc(F)ccc2s1. The molecule has 1 aliphatic heterocycles. The van der Waals surface area contributed by atoms with E-state index in [0.717, 1.165) is 40.0 Å². The molecule has 0 spiro atoms. The maximum atomic E-state index is 13.1. The van der Waals surface area contributed by atoms with Gasteiger partial charge in [0.05, 0.1) is 18.9 Å². The third-order valence-electron chi connectivity index (χ3n) is 3.17. The summed E-state index contributed by atoms with van der Waals surface area (Å²) in [6.07, 6.45) is 3.77. The second kappa shape index (κ2) is 4.71. The Morgan fingerprint density at radius 3 is 3.00 bits per heavy atom. The van der Waals surface area contributed by atoms with Crippen LogP contribution >= 0.6 is 11.3 Å². The number of ether oxygens (including phenoxy) is 1. The van der Waals surface area contributed by atoms with Crippen LogP contribution in [0.25, 0.3) is 10.1 Å². The average Bonchev–Trinajstić information content (AvgIpc) is 2.81.